The summed E-state index contributed by atoms with van der Waals surface area (Å²) in [4.78, 5) is 10.1. The molecule has 6 heteroatoms. The molecule has 0 aliphatic heterocycles. The first kappa shape index (κ1) is 13.0. The Hall–Kier alpha value is -1.10. The molecule has 1 nitrogen and oxygen atoms in total. The SMILES string of the molecule is O=CCCc1cc(C(F)(F)F)cc(Cl)c1F. The predicted octanol–water partition coefficient (Wildman–Crippen LogP) is 3.63. The van der Waals surface area contributed by atoms with Crippen LogP contribution in [0.5, 0.6) is 0 Å². The summed E-state index contributed by atoms with van der Waals surface area (Å²) in [6.07, 6.45) is -4.21. The summed E-state index contributed by atoms with van der Waals surface area (Å²) in [6, 6.07) is 1.20. The van der Waals surface area contributed by atoms with E-state index in [1.54, 1.807) is 0 Å². The zero-order valence-corrected chi connectivity index (χ0v) is 8.70. The van der Waals surface area contributed by atoms with Crippen molar-refractivity contribution in [1.82, 2.24) is 0 Å². The molecule has 0 heterocycles. The molecule has 0 aromatic heterocycles. The van der Waals surface area contributed by atoms with E-state index in [1.807, 2.05) is 0 Å². The van der Waals surface area contributed by atoms with Gasteiger partial charge in [-0.05, 0) is 24.1 Å². The minimum Gasteiger partial charge on any atom is -0.303 e. The third-order valence-corrected chi connectivity index (χ3v) is 2.24. The molecule has 0 aliphatic carbocycles. The van der Waals surface area contributed by atoms with Gasteiger partial charge >= 0.3 is 6.18 Å². The lowest BCUT2D eigenvalue weighted by Gasteiger charge is -2.10. The lowest BCUT2D eigenvalue weighted by atomic mass is 10.1. The molecule has 0 amide bonds. The number of aldehydes is 1. The second kappa shape index (κ2) is 4.82. The summed E-state index contributed by atoms with van der Waals surface area (Å²) < 4.78 is 50.3. The van der Waals surface area contributed by atoms with Gasteiger partial charge in [-0.3, -0.25) is 0 Å². The Morgan fingerprint density at radius 2 is 1.94 bits per heavy atom. The van der Waals surface area contributed by atoms with Crippen LogP contribution >= 0.6 is 11.6 Å². The second-order valence-corrected chi connectivity index (χ2v) is 3.54. The van der Waals surface area contributed by atoms with Gasteiger partial charge in [0, 0.05) is 6.42 Å². The van der Waals surface area contributed by atoms with E-state index in [4.69, 9.17) is 11.6 Å². The number of rotatable bonds is 3. The lowest BCUT2D eigenvalue weighted by molar-refractivity contribution is -0.137. The first-order valence-electron chi connectivity index (χ1n) is 4.35. The maximum Gasteiger partial charge on any atom is 0.416 e. The van der Waals surface area contributed by atoms with E-state index in [-0.39, 0.29) is 18.4 Å². The molecular formula is C10H7ClF4O. The number of carbonyl (C=O) groups excluding carboxylic acids is 1. The zero-order chi connectivity index (χ0) is 12.3. The van der Waals surface area contributed by atoms with Crippen LogP contribution in [-0.2, 0) is 17.4 Å². The molecule has 88 valence electrons. The van der Waals surface area contributed by atoms with Crippen LogP contribution in [0.3, 0.4) is 0 Å². The van der Waals surface area contributed by atoms with Crippen LogP contribution in [0.2, 0.25) is 5.02 Å². The maximum absolute atomic E-state index is 13.3. The van der Waals surface area contributed by atoms with Crippen LogP contribution in [0.25, 0.3) is 0 Å². The smallest absolute Gasteiger partial charge is 0.303 e. The van der Waals surface area contributed by atoms with E-state index in [9.17, 15) is 22.4 Å². The van der Waals surface area contributed by atoms with Crippen molar-refractivity contribution < 1.29 is 22.4 Å². The normalized spacial score (nSPS) is 11.6. The summed E-state index contributed by atoms with van der Waals surface area (Å²) >= 11 is 5.34. The first-order valence-corrected chi connectivity index (χ1v) is 4.73. The van der Waals surface area contributed by atoms with Crippen LogP contribution in [0.4, 0.5) is 17.6 Å². The van der Waals surface area contributed by atoms with Crippen LogP contribution in [0, 0.1) is 5.82 Å². The monoisotopic (exact) mass is 254 g/mol. The number of halogens is 5. The van der Waals surface area contributed by atoms with Gasteiger partial charge in [0.05, 0.1) is 10.6 Å². The highest BCUT2D eigenvalue weighted by Gasteiger charge is 2.32. The Bertz CT molecular complexity index is 401. The highest BCUT2D eigenvalue weighted by atomic mass is 35.5. The second-order valence-electron chi connectivity index (χ2n) is 3.13. The van der Waals surface area contributed by atoms with Crippen LogP contribution in [0.15, 0.2) is 12.1 Å². The highest BCUT2D eigenvalue weighted by Crippen LogP contribution is 2.33. The predicted molar refractivity (Wildman–Crippen MR) is 50.8 cm³/mol. The Morgan fingerprint density at radius 1 is 1.31 bits per heavy atom. The Labute approximate surface area is 94.0 Å². The largest absolute Gasteiger partial charge is 0.416 e. The van der Waals surface area contributed by atoms with E-state index in [2.05, 4.69) is 0 Å². The minimum absolute atomic E-state index is 0.0471. The van der Waals surface area contributed by atoms with Crippen molar-refractivity contribution in [1.29, 1.82) is 0 Å². The van der Waals surface area contributed by atoms with Gasteiger partial charge in [0.15, 0.2) is 0 Å². The van der Waals surface area contributed by atoms with Gasteiger partial charge < -0.3 is 4.79 Å². The van der Waals surface area contributed by atoms with E-state index in [1.165, 1.54) is 0 Å². The summed E-state index contributed by atoms with van der Waals surface area (Å²) in [5, 5.41) is -0.587. The number of benzene rings is 1. The van der Waals surface area contributed by atoms with Gasteiger partial charge in [0.25, 0.3) is 0 Å². The molecule has 0 saturated carbocycles. The van der Waals surface area contributed by atoms with Gasteiger partial charge in [-0.1, -0.05) is 11.6 Å². The fourth-order valence-electron chi connectivity index (χ4n) is 1.21. The molecule has 0 bridgehead atoms. The van der Waals surface area contributed by atoms with Crippen molar-refractivity contribution in [3.05, 3.63) is 34.1 Å². The average Bonchev–Trinajstić information content (AvgIpc) is 2.18. The lowest BCUT2D eigenvalue weighted by Crippen LogP contribution is -2.07. The summed E-state index contributed by atoms with van der Waals surface area (Å²) in [5.74, 6) is -0.906. The zero-order valence-electron chi connectivity index (χ0n) is 7.94. The third kappa shape index (κ3) is 2.95. The van der Waals surface area contributed by atoms with Gasteiger partial charge in [0.1, 0.15) is 12.1 Å². The molecule has 0 aliphatic rings. The summed E-state index contributed by atoms with van der Waals surface area (Å²) in [7, 11) is 0. The molecule has 0 radical (unpaired) electrons. The number of alkyl halides is 3. The number of aryl methyl sites for hydroxylation is 1. The van der Waals surface area contributed by atoms with Crippen molar-refractivity contribution >= 4 is 17.9 Å². The van der Waals surface area contributed by atoms with Crippen LogP contribution < -0.4 is 0 Å². The fraction of sp³-hybridized carbons (Fsp3) is 0.300. The van der Waals surface area contributed by atoms with Gasteiger partial charge in [-0.2, -0.15) is 13.2 Å². The number of hydrogen-bond acceptors (Lipinski definition) is 1. The third-order valence-electron chi connectivity index (χ3n) is 1.96. The summed E-state index contributed by atoms with van der Waals surface area (Å²) in [5.41, 5.74) is -1.22. The van der Waals surface area contributed by atoms with Crippen LogP contribution in [0.1, 0.15) is 17.5 Å². The number of hydrogen-bond donors (Lipinski definition) is 0. The topological polar surface area (TPSA) is 17.1 Å². The van der Waals surface area contributed by atoms with Crippen molar-refractivity contribution in [2.24, 2.45) is 0 Å². The first-order chi connectivity index (χ1) is 7.36. The van der Waals surface area contributed by atoms with Crippen molar-refractivity contribution in [3.63, 3.8) is 0 Å². The standard InChI is InChI=1S/C10H7ClF4O/c11-8-5-7(10(13,14)15)4-6(9(8)12)2-1-3-16/h3-5H,1-2H2. The quantitative estimate of drug-likeness (QED) is 0.595. The van der Waals surface area contributed by atoms with Crippen molar-refractivity contribution in [2.45, 2.75) is 19.0 Å². The molecule has 1 aromatic rings. The molecule has 16 heavy (non-hydrogen) atoms. The highest BCUT2D eigenvalue weighted by molar-refractivity contribution is 6.30. The van der Waals surface area contributed by atoms with E-state index >= 15 is 0 Å². The number of carbonyl (C=O) groups is 1. The molecule has 0 saturated heterocycles. The molecule has 0 N–H and O–H groups in total. The molecule has 0 unspecified atom stereocenters. The Balaban J connectivity index is 3.16. The molecule has 1 rings (SSSR count). The molecule has 0 fully saturated rings. The van der Waals surface area contributed by atoms with E-state index in [0.29, 0.717) is 18.4 Å². The van der Waals surface area contributed by atoms with E-state index in [0.717, 1.165) is 0 Å². The van der Waals surface area contributed by atoms with Gasteiger partial charge in [-0.15, -0.1) is 0 Å². The van der Waals surface area contributed by atoms with Crippen molar-refractivity contribution in [2.75, 3.05) is 0 Å². The maximum atomic E-state index is 13.3. The van der Waals surface area contributed by atoms with Gasteiger partial charge in [0.2, 0.25) is 0 Å². The molecular weight excluding hydrogens is 248 g/mol. The van der Waals surface area contributed by atoms with Crippen LogP contribution in [-0.4, -0.2) is 6.29 Å². The van der Waals surface area contributed by atoms with Crippen molar-refractivity contribution in [3.8, 4) is 0 Å². The Kier molecular flexibility index (Phi) is 3.91. The summed E-state index contributed by atoms with van der Waals surface area (Å²) in [6.45, 7) is 0. The molecule has 0 spiro atoms. The average molecular weight is 255 g/mol. The minimum atomic E-state index is -4.58. The molecule has 1 aromatic carbocycles. The Morgan fingerprint density at radius 3 is 2.44 bits per heavy atom. The van der Waals surface area contributed by atoms with Gasteiger partial charge in [-0.25, -0.2) is 4.39 Å². The van der Waals surface area contributed by atoms with E-state index < -0.39 is 22.6 Å². The fourth-order valence-corrected chi connectivity index (χ4v) is 1.44. The molecule has 0 atom stereocenters.